The minimum atomic E-state index is 0.623. The van der Waals surface area contributed by atoms with Crippen molar-refractivity contribution in [1.29, 1.82) is 0 Å². The Bertz CT molecular complexity index is 2470. The van der Waals surface area contributed by atoms with E-state index in [1.165, 1.54) is 15.5 Å². The first-order valence-corrected chi connectivity index (χ1v) is 15.9. The summed E-state index contributed by atoms with van der Waals surface area (Å²) in [5.74, 6) is 2.57. The molecule has 9 aromatic rings. The third-order valence-electron chi connectivity index (χ3n) is 8.18. The van der Waals surface area contributed by atoms with Crippen molar-refractivity contribution in [1.82, 2.24) is 19.9 Å². The Kier molecular flexibility index (Phi) is 6.25. The van der Waals surface area contributed by atoms with Crippen LogP contribution in [-0.4, -0.2) is 19.9 Å². The molecule has 0 fully saturated rings. The molecule has 9 rings (SSSR count). The van der Waals surface area contributed by atoms with E-state index in [2.05, 4.69) is 48.5 Å². The normalized spacial score (nSPS) is 11.5. The van der Waals surface area contributed by atoms with Crippen LogP contribution in [0.25, 0.3) is 88.0 Å². The van der Waals surface area contributed by atoms with E-state index in [4.69, 9.17) is 24.4 Å². The molecule has 0 saturated heterocycles. The molecule has 0 aliphatic carbocycles. The van der Waals surface area contributed by atoms with Crippen LogP contribution in [0.3, 0.4) is 0 Å². The number of oxazole rings is 1. The molecular formula is C40H24N4OS. The molecule has 216 valence electrons. The van der Waals surface area contributed by atoms with Gasteiger partial charge in [0.05, 0.1) is 0 Å². The minimum absolute atomic E-state index is 0.623. The molecule has 0 bridgehead atoms. The number of thiophene rings is 1. The number of benzene rings is 6. The smallest absolute Gasteiger partial charge is 0.227 e. The Hall–Kier alpha value is -5.98. The van der Waals surface area contributed by atoms with Gasteiger partial charge in [-0.1, -0.05) is 121 Å². The molecule has 6 aromatic carbocycles. The molecule has 0 aliphatic heterocycles. The monoisotopic (exact) mass is 608 g/mol. The predicted octanol–water partition coefficient (Wildman–Crippen LogP) is 10.7. The average Bonchev–Trinajstić information content (AvgIpc) is 3.74. The van der Waals surface area contributed by atoms with Crippen molar-refractivity contribution in [2.24, 2.45) is 0 Å². The Balaban J connectivity index is 1.19. The molecule has 0 spiro atoms. The zero-order valence-electron chi connectivity index (χ0n) is 24.5. The summed E-state index contributed by atoms with van der Waals surface area (Å²) < 4.78 is 8.77. The molecule has 0 amide bonds. The van der Waals surface area contributed by atoms with Crippen LogP contribution < -0.4 is 0 Å². The van der Waals surface area contributed by atoms with E-state index in [9.17, 15) is 0 Å². The largest absolute Gasteiger partial charge is 0.435 e. The van der Waals surface area contributed by atoms with E-state index in [0.29, 0.717) is 23.4 Å². The summed E-state index contributed by atoms with van der Waals surface area (Å²) in [7, 11) is 0. The van der Waals surface area contributed by atoms with Crippen molar-refractivity contribution >= 4 is 42.6 Å². The highest BCUT2D eigenvalue weighted by Gasteiger charge is 2.18. The van der Waals surface area contributed by atoms with Gasteiger partial charge in [-0.05, 0) is 24.3 Å². The highest BCUT2D eigenvalue weighted by Crippen LogP contribution is 2.43. The zero-order valence-corrected chi connectivity index (χ0v) is 25.3. The second-order valence-corrected chi connectivity index (χ2v) is 12.1. The number of rotatable bonds is 5. The Morgan fingerprint density at radius 2 is 1.02 bits per heavy atom. The molecule has 6 heteroatoms. The number of hydrogen-bond acceptors (Lipinski definition) is 6. The van der Waals surface area contributed by atoms with Gasteiger partial charge in [-0.25, -0.2) is 19.9 Å². The molecule has 3 aromatic heterocycles. The summed E-state index contributed by atoms with van der Waals surface area (Å²) in [5, 5.41) is 2.40. The lowest BCUT2D eigenvalue weighted by atomic mass is 10.0. The summed E-state index contributed by atoms with van der Waals surface area (Å²) in [6.45, 7) is 0. The van der Waals surface area contributed by atoms with Crippen LogP contribution in [-0.2, 0) is 0 Å². The van der Waals surface area contributed by atoms with Gasteiger partial charge in [-0.2, -0.15) is 0 Å². The van der Waals surface area contributed by atoms with Crippen LogP contribution in [0, 0.1) is 0 Å². The lowest BCUT2D eigenvalue weighted by Crippen LogP contribution is -1.99. The van der Waals surface area contributed by atoms with Crippen LogP contribution >= 0.6 is 11.3 Å². The van der Waals surface area contributed by atoms with Gasteiger partial charge >= 0.3 is 0 Å². The van der Waals surface area contributed by atoms with E-state index in [-0.39, 0.29) is 0 Å². The first-order valence-electron chi connectivity index (χ1n) is 15.1. The van der Waals surface area contributed by atoms with E-state index in [0.717, 1.165) is 49.2 Å². The molecule has 3 heterocycles. The van der Waals surface area contributed by atoms with Gasteiger partial charge in [0, 0.05) is 53.6 Å². The molecule has 0 atom stereocenters. The molecule has 0 saturated carbocycles. The maximum absolute atomic E-state index is 6.41. The average molecular weight is 609 g/mol. The molecule has 0 radical (unpaired) electrons. The lowest BCUT2D eigenvalue weighted by molar-refractivity contribution is 0.621. The molecule has 0 unspecified atom stereocenters. The second-order valence-electron chi connectivity index (χ2n) is 11.1. The Morgan fingerprint density at radius 3 is 1.70 bits per heavy atom. The topological polar surface area (TPSA) is 64.7 Å². The number of hydrogen-bond donors (Lipinski definition) is 0. The van der Waals surface area contributed by atoms with E-state index in [1.54, 1.807) is 11.3 Å². The van der Waals surface area contributed by atoms with E-state index >= 15 is 0 Å². The first kappa shape index (κ1) is 26.4. The van der Waals surface area contributed by atoms with Gasteiger partial charge < -0.3 is 4.42 Å². The van der Waals surface area contributed by atoms with Crippen molar-refractivity contribution in [3.63, 3.8) is 0 Å². The fourth-order valence-electron chi connectivity index (χ4n) is 5.95. The van der Waals surface area contributed by atoms with Crippen LogP contribution in [0.1, 0.15) is 0 Å². The predicted molar refractivity (Wildman–Crippen MR) is 187 cm³/mol. The third kappa shape index (κ3) is 4.55. The summed E-state index contributed by atoms with van der Waals surface area (Å²) >= 11 is 1.77. The molecular weight excluding hydrogens is 585 g/mol. The van der Waals surface area contributed by atoms with Gasteiger partial charge in [0.1, 0.15) is 5.52 Å². The number of aromatic nitrogens is 4. The second kappa shape index (κ2) is 10.9. The molecule has 0 N–H and O–H groups in total. The Labute approximate surface area is 268 Å². The molecule has 46 heavy (non-hydrogen) atoms. The first-order chi connectivity index (χ1) is 22.8. The van der Waals surface area contributed by atoms with Crippen LogP contribution in [0.5, 0.6) is 0 Å². The van der Waals surface area contributed by atoms with E-state index < -0.39 is 0 Å². The minimum Gasteiger partial charge on any atom is -0.435 e. The Morgan fingerprint density at radius 1 is 0.435 bits per heavy atom. The number of para-hydroxylation sites is 1. The number of nitrogens with zero attached hydrogens (tertiary/aromatic N) is 4. The quantitative estimate of drug-likeness (QED) is 0.194. The van der Waals surface area contributed by atoms with Crippen molar-refractivity contribution in [2.75, 3.05) is 0 Å². The SMILES string of the molecule is c1ccc(-c2nc(-c3ccccc3)nc(-c3ccc4c(c3)sc3c(-c5cccc6nc(-c7ccccc7)oc56)cccc34)n2)cc1. The van der Waals surface area contributed by atoms with Crippen LogP contribution in [0.4, 0.5) is 0 Å². The lowest BCUT2D eigenvalue weighted by Gasteiger charge is -2.08. The fourth-order valence-corrected chi connectivity index (χ4v) is 7.22. The third-order valence-corrected chi connectivity index (χ3v) is 9.38. The molecule has 5 nitrogen and oxygen atoms in total. The van der Waals surface area contributed by atoms with Gasteiger partial charge in [0.25, 0.3) is 0 Å². The summed E-state index contributed by atoms with van der Waals surface area (Å²) in [4.78, 5) is 19.6. The number of fused-ring (bicyclic) bond motifs is 4. The highest BCUT2D eigenvalue weighted by atomic mass is 32.1. The fraction of sp³-hybridized carbons (Fsp3) is 0. The van der Waals surface area contributed by atoms with Crippen LogP contribution in [0.15, 0.2) is 150 Å². The van der Waals surface area contributed by atoms with Gasteiger partial charge in [-0.3, -0.25) is 0 Å². The van der Waals surface area contributed by atoms with Crippen molar-refractivity contribution < 1.29 is 4.42 Å². The summed E-state index contributed by atoms with van der Waals surface area (Å²) in [6.07, 6.45) is 0. The highest BCUT2D eigenvalue weighted by molar-refractivity contribution is 7.26. The van der Waals surface area contributed by atoms with Gasteiger partial charge in [-0.15, -0.1) is 11.3 Å². The van der Waals surface area contributed by atoms with Crippen molar-refractivity contribution in [2.45, 2.75) is 0 Å². The standard InChI is InChI=1S/C40H24N4OS/c1-4-12-25(13-5-1)37-42-38(26-14-6-2-7-15-26)44-39(43-37)28-22-23-29-31-19-10-20-32(36(31)46-34(29)24-28)30-18-11-21-33-35(30)45-40(41-33)27-16-8-3-9-17-27/h1-24H. The van der Waals surface area contributed by atoms with Crippen molar-refractivity contribution in [3.8, 4) is 56.7 Å². The summed E-state index contributed by atoms with van der Waals surface area (Å²) in [6, 6.07) is 49.3. The molecule has 0 aliphatic rings. The maximum Gasteiger partial charge on any atom is 0.227 e. The van der Waals surface area contributed by atoms with Crippen LogP contribution in [0.2, 0.25) is 0 Å². The zero-order chi connectivity index (χ0) is 30.5. The summed E-state index contributed by atoms with van der Waals surface area (Å²) in [5.41, 5.74) is 7.60. The van der Waals surface area contributed by atoms with E-state index in [1.807, 2.05) is 97.1 Å². The van der Waals surface area contributed by atoms with Gasteiger partial charge in [0.2, 0.25) is 5.89 Å². The van der Waals surface area contributed by atoms with Crippen molar-refractivity contribution in [3.05, 3.63) is 146 Å². The van der Waals surface area contributed by atoms with Gasteiger partial charge in [0.15, 0.2) is 23.1 Å². The maximum atomic E-state index is 6.41.